The number of amides is 1. The highest BCUT2D eigenvalue weighted by Crippen LogP contribution is 2.28. The van der Waals surface area contributed by atoms with E-state index in [1.807, 2.05) is 6.92 Å². The van der Waals surface area contributed by atoms with Crippen LogP contribution in [0.3, 0.4) is 0 Å². The summed E-state index contributed by atoms with van der Waals surface area (Å²) in [4.78, 5) is 12.1. The summed E-state index contributed by atoms with van der Waals surface area (Å²) in [6.45, 7) is 1.88. The monoisotopic (exact) mass is 394 g/mol. The van der Waals surface area contributed by atoms with Gasteiger partial charge in [-0.25, -0.2) is 4.39 Å². The molecule has 1 saturated carbocycles. The molecule has 0 aliphatic heterocycles. The molecule has 1 unspecified atom stereocenters. The summed E-state index contributed by atoms with van der Waals surface area (Å²) in [5.74, 6) is -0.0792. The van der Waals surface area contributed by atoms with Gasteiger partial charge in [0.25, 0.3) is 0 Å². The molecule has 1 aliphatic carbocycles. The third-order valence-electron chi connectivity index (χ3n) is 4.41. The van der Waals surface area contributed by atoms with Crippen molar-refractivity contribution in [1.82, 2.24) is 15.5 Å². The summed E-state index contributed by atoms with van der Waals surface area (Å²) in [6.07, 6.45) is 6.23. The van der Waals surface area contributed by atoms with Gasteiger partial charge in [-0.15, -0.1) is 10.2 Å². The van der Waals surface area contributed by atoms with Crippen LogP contribution in [-0.4, -0.2) is 27.9 Å². The van der Waals surface area contributed by atoms with Crippen LogP contribution < -0.4 is 10.6 Å². The third kappa shape index (κ3) is 5.67. The van der Waals surface area contributed by atoms with Crippen molar-refractivity contribution in [2.45, 2.75) is 55.5 Å². The van der Waals surface area contributed by atoms with Gasteiger partial charge in [0.1, 0.15) is 5.82 Å². The summed E-state index contributed by atoms with van der Waals surface area (Å²) in [7, 11) is 0. The first-order chi connectivity index (χ1) is 12.6. The van der Waals surface area contributed by atoms with Crippen molar-refractivity contribution in [3.8, 4) is 0 Å². The summed E-state index contributed by atoms with van der Waals surface area (Å²) >= 11 is 2.88. The average molecular weight is 395 g/mol. The molecule has 1 amide bonds. The Morgan fingerprint density at radius 3 is 2.73 bits per heavy atom. The van der Waals surface area contributed by atoms with Crippen molar-refractivity contribution in [2.75, 3.05) is 11.1 Å². The fraction of sp³-hybridized carbons (Fsp3) is 0.500. The number of nitrogens with one attached hydrogen (secondary N) is 2. The SMILES string of the molecule is CC(NC(=O)CSc1nnc(NC2CCCCC2)s1)c1ccc(F)cc1. The van der Waals surface area contributed by atoms with E-state index in [0.29, 0.717) is 6.04 Å². The van der Waals surface area contributed by atoms with Gasteiger partial charge >= 0.3 is 0 Å². The maximum Gasteiger partial charge on any atom is 0.230 e. The molecule has 26 heavy (non-hydrogen) atoms. The Morgan fingerprint density at radius 2 is 2.00 bits per heavy atom. The van der Waals surface area contributed by atoms with Crippen LogP contribution >= 0.6 is 23.1 Å². The van der Waals surface area contributed by atoms with E-state index in [4.69, 9.17) is 0 Å². The number of thioether (sulfide) groups is 1. The Morgan fingerprint density at radius 1 is 1.27 bits per heavy atom. The summed E-state index contributed by atoms with van der Waals surface area (Å²) in [5, 5.41) is 15.5. The van der Waals surface area contributed by atoms with Gasteiger partial charge in [-0.3, -0.25) is 4.79 Å². The highest BCUT2D eigenvalue weighted by molar-refractivity contribution is 8.01. The van der Waals surface area contributed by atoms with Crippen molar-refractivity contribution >= 4 is 34.1 Å². The number of anilines is 1. The second-order valence-corrected chi connectivity index (χ2v) is 8.68. The predicted molar refractivity (Wildman–Crippen MR) is 104 cm³/mol. The number of aromatic nitrogens is 2. The first kappa shape index (κ1) is 19.1. The van der Waals surface area contributed by atoms with Gasteiger partial charge in [0, 0.05) is 6.04 Å². The first-order valence-corrected chi connectivity index (χ1v) is 10.7. The topological polar surface area (TPSA) is 66.9 Å². The van der Waals surface area contributed by atoms with Crippen molar-refractivity contribution in [3.63, 3.8) is 0 Å². The number of nitrogens with zero attached hydrogens (tertiary/aromatic N) is 2. The molecule has 2 aromatic rings. The molecule has 1 heterocycles. The lowest BCUT2D eigenvalue weighted by Crippen LogP contribution is -2.28. The minimum absolute atomic E-state index is 0.0798. The minimum Gasteiger partial charge on any atom is -0.357 e. The number of rotatable bonds is 7. The van der Waals surface area contributed by atoms with Crippen molar-refractivity contribution < 1.29 is 9.18 Å². The van der Waals surface area contributed by atoms with Gasteiger partial charge in [-0.2, -0.15) is 0 Å². The molecular formula is C18H23FN4OS2. The quantitative estimate of drug-likeness (QED) is 0.682. The van der Waals surface area contributed by atoms with Gasteiger partial charge in [-0.1, -0.05) is 54.5 Å². The molecule has 0 saturated heterocycles. The molecule has 5 nitrogen and oxygen atoms in total. The van der Waals surface area contributed by atoms with Gasteiger partial charge in [-0.05, 0) is 37.5 Å². The largest absolute Gasteiger partial charge is 0.357 e. The van der Waals surface area contributed by atoms with E-state index in [1.165, 1.54) is 67.3 Å². The number of hydrogen-bond acceptors (Lipinski definition) is 6. The molecule has 140 valence electrons. The molecule has 1 aromatic heterocycles. The average Bonchev–Trinajstić information content (AvgIpc) is 3.09. The Hall–Kier alpha value is -1.67. The molecule has 1 atom stereocenters. The van der Waals surface area contributed by atoms with E-state index in [9.17, 15) is 9.18 Å². The summed E-state index contributed by atoms with van der Waals surface area (Å²) in [6, 6.07) is 6.49. The van der Waals surface area contributed by atoms with Crippen LogP contribution in [0.2, 0.25) is 0 Å². The van der Waals surface area contributed by atoms with Gasteiger partial charge in [0.2, 0.25) is 11.0 Å². The third-order valence-corrected chi connectivity index (χ3v) is 6.40. The molecule has 8 heteroatoms. The van der Waals surface area contributed by atoms with E-state index < -0.39 is 0 Å². The Balaban J connectivity index is 1.43. The molecule has 0 spiro atoms. The van der Waals surface area contributed by atoms with Crippen molar-refractivity contribution in [2.24, 2.45) is 0 Å². The molecule has 3 rings (SSSR count). The minimum atomic E-state index is -0.281. The first-order valence-electron chi connectivity index (χ1n) is 8.88. The highest BCUT2D eigenvalue weighted by atomic mass is 32.2. The normalized spacial score (nSPS) is 16.2. The molecule has 2 N–H and O–H groups in total. The highest BCUT2D eigenvalue weighted by Gasteiger charge is 2.16. The van der Waals surface area contributed by atoms with Crippen LogP contribution in [0, 0.1) is 5.82 Å². The Bertz CT molecular complexity index is 716. The zero-order chi connectivity index (χ0) is 18.4. The summed E-state index contributed by atoms with van der Waals surface area (Å²) < 4.78 is 13.7. The maximum absolute atomic E-state index is 13.0. The number of benzene rings is 1. The predicted octanol–water partition coefficient (Wildman–Crippen LogP) is 4.39. The van der Waals surface area contributed by atoms with E-state index in [2.05, 4.69) is 20.8 Å². The lowest BCUT2D eigenvalue weighted by atomic mass is 9.96. The van der Waals surface area contributed by atoms with Gasteiger partial charge in [0.15, 0.2) is 4.34 Å². The van der Waals surface area contributed by atoms with Crippen molar-refractivity contribution in [1.29, 1.82) is 0 Å². The van der Waals surface area contributed by atoms with E-state index in [-0.39, 0.29) is 23.5 Å². The lowest BCUT2D eigenvalue weighted by molar-refractivity contribution is -0.119. The summed E-state index contributed by atoms with van der Waals surface area (Å²) in [5.41, 5.74) is 0.875. The molecule has 1 fully saturated rings. The number of hydrogen-bond donors (Lipinski definition) is 2. The molecule has 0 radical (unpaired) electrons. The maximum atomic E-state index is 13.0. The molecule has 0 bridgehead atoms. The molecule has 1 aromatic carbocycles. The zero-order valence-corrected chi connectivity index (χ0v) is 16.3. The van der Waals surface area contributed by atoms with Crippen LogP contribution in [0.25, 0.3) is 0 Å². The molecule has 1 aliphatic rings. The van der Waals surface area contributed by atoms with E-state index in [1.54, 1.807) is 12.1 Å². The molecular weight excluding hydrogens is 371 g/mol. The van der Waals surface area contributed by atoms with E-state index in [0.717, 1.165) is 15.0 Å². The van der Waals surface area contributed by atoms with Crippen LogP contribution in [-0.2, 0) is 4.79 Å². The standard InChI is InChI=1S/C18H23FN4OS2/c1-12(13-7-9-14(19)10-8-13)20-16(24)11-25-18-23-22-17(26-18)21-15-5-3-2-4-6-15/h7-10,12,15H,2-6,11H2,1H3,(H,20,24)(H,21,22). The van der Waals surface area contributed by atoms with Crippen LogP contribution in [0.15, 0.2) is 28.6 Å². The van der Waals surface area contributed by atoms with Crippen LogP contribution in [0.1, 0.15) is 50.6 Å². The fourth-order valence-electron chi connectivity index (χ4n) is 2.99. The van der Waals surface area contributed by atoms with Crippen molar-refractivity contribution in [3.05, 3.63) is 35.6 Å². The number of halogens is 1. The van der Waals surface area contributed by atoms with E-state index >= 15 is 0 Å². The number of carbonyl (C=O) groups is 1. The lowest BCUT2D eigenvalue weighted by Gasteiger charge is -2.21. The van der Waals surface area contributed by atoms with Crippen LogP contribution in [0.5, 0.6) is 0 Å². The second kappa shape index (κ2) is 9.32. The van der Waals surface area contributed by atoms with Gasteiger partial charge in [0.05, 0.1) is 11.8 Å². The number of carbonyl (C=O) groups excluding carboxylic acids is 1. The Labute approximate surface area is 161 Å². The second-order valence-electron chi connectivity index (χ2n) is 6.48. The van der Waals surface area contributed by atoms with Gasteiger partial charge < -0.3 is 10.6 Å². The smallest absolute Gasteiger partial charge is 0.230 e. The Kier molecular flexibility index (Phi) is 6.85. The zero-order valence-electron chi connectivity index (χ0n) is 14.7. The fourth-order valence-corrected chi connectivity index (χ4v) is 4.63. The van der Waals surface area contributed by atoms with Crippen LogP contribution in [0.4, 0.5) is 9.52 Å².